The number of hydrogen-bond donors (Lipinski definition) is 2. The molecule has 2 heterocycles. The van der Waals surface area contributed by atoms with E-state index in [1.165, 1.54) is 0 Å². The molecule has 0 bridgehead atoms. The summed E-state index contributed by atoms with van der Waals surface area (Å²) < 4.78 is 10.1. The lowest BCUT2D eigenvalue weighted by Crippen LogP contribution is -2.32. The molecule has 0 spiro atoms. The maximum absolute atomic E-state index is 9.38. The Labute approximate surface area is 87.6 Å². The Bertz CT molecular complexity index is 199. The van der Waals surface area contributed by atoms with Crippen LogP contribution in [0.3, 0.4) is 0 Å². The summed E-state index contributed by atoms with van der Waals surface area (Å²) in [6.45, 7) is 1.51. The van der Waals surface area contributed by atoms with Crippen LogP contribution in [0, 0.1) is 5.92 Å². The fraction of sp³-hybridized carbons (Fsp3) is 1.00. The summed E-state index contributed by atoms with van der Waals surface area (Å²) >= 11 is 0. The quantitative estimate of drug-likeness (QED) is 0.453. The fourth-order valence-corrected chi connectivity index (χ4v) is 1.61. The third-order valence-electron chi connectivity index (χ3n) is 2.68. The van der Waals surface area contributed by atoms with Crippen molar-refractivity contribution in [2.45, 2.75) is 18.3 Å². The number of hydrogen-bond acceptors (Lipinski definition) is 6. The van der Waals surface area contributed by atoms with Gasteiger partial charge in [-0.05, 0) is 0 Å². The van der Waals surface area contributed by atoms with Gasteiger partial charge < -0.3 is 19.7 Å². The van der Waals surface area contributed by atoms with E-state index < -0.39 is 12.2 Å². The first kappa shape index (κ1) is 11.3. The molecule has 2 fully saturated rings. The van der Waals surface area contributed by atoms with Gasteiger partial charge in [-0.3, -0.25) is 0 Å². The molecule has 0 aromatic heterocycles. The normalized spacial score (nSPS) is 41.2. The number of rotatable bonds is 4. The van der Waals surface area contributed by atoms with Crippen molar-refractivity contribution in [3.63, 3.8) is 0 Å². The molecule has 0 aromatic carbocycles. The van der Waals surface area contributed by atoms with Crippen LogP contribution < -0.4 is 0 Å². The molecule has 0 aromatic rings. The van der Waals surface area contributed by atoms with Gasteiger partial charge in [-0.25, -0.2) is 9.78 Å². The number of aliphatic hydroxyl groups is 2. The van der Waals surface area contributed by atoms with Crippen molar-refractivity contribution in [1.82, 2.24) is 0 Å². The van der Waals surface area contributed by atoms with Gasteiger partial charge in [0, 0.05) is 5.92 Å². The SMILES string of the molecule is OCC1COC[C@@H]1OO[C@H]1COC[C@H]1O. The van der Waals surface area contributed by atoms with Gasteiger partial charge in [-0.2, -0.15) is 0 Å². The first-order valence-electron chi connectivity index (χ1n) is 5.08. The van der Waals surface area contributed by atoms with Crippen molar-refractivity contribution >= 4 is 0 Å². The average Bonchev–Trinajstić information content (AvgIpc) is 2.83. The minimum Gasteiger partial charge on any atom is -0.396 e. The average molecular weight is 220 g/mol. The van der Waals surface area contributed by atoms with E-state index in [9.17, 15) is 5.11 Å². The first-order valence-corrected chi connectivity index (χ1v) is 5.08. The van der Waals surface area contributed by atoms with E-state index in [4.69, 9.17) is 24.4 Å². The summed E-state index contributed by atoms with van der Waals surface area (Å²) in [7, 11) is 0. The lowest BCUT2D eigenvalue weighted by atomic mass is 10.1. The second kappa shape index (κ2) is 5.20. The molecular formula is C9H16O6. The molecule has 1 unspecified atom stereocenters. The Kier molecular flexibility index (Phi) is 3.90. The van der Waals surface area contributed by atoms with Crippen molar-refractivity contribution in [1.29, 1.82) is 0 Å². The summed E-state index contributed by atoms with van der Waals surface area (Å²) in [5, 5.41) is 18.4. The van der Waals surface area contributed by atoms with E-state index in [-0.39, 0.29) is 25.2 Å². The van der Waals surface area contributed by atoms with Crippen LogP contribution in [0.4, 0.5) is 0 Å². The highest BCUT2D eigenvalue weighted by Crippen LogP contribution is 2.19. The zero-order valence-electron chi connectivity index (χ0n) is 8.37. The third-order valence-corrected chi connectivity index (χ3v) is 2.68. The van der Waals surface area contributed by atoms with E-state index in [0.717, 1.165) is 0 Å². The standard InChI is InChI=1S/C9H16O6/c10-1-6-2-12-4-8(6)14-15-9-5-13-3-7(9)11/h6-11H,1-5H2/t6?,7-,8+,9+/m1/s1. The molecule has 88 valence electrons. The Hall–Kier alpha value is -0.240. The van der Waals surface area contributed by atoms with Crippen LogP contribution in [0.2, 0.25) is 0 Å². The summed E-state index contributed by atoms with van der Waals surface area (Å²) in [6.07, 6.45) is -1.34. The van der Waals surface area contributed by atoms with E-state index in [0.29, 0.717) is 19.8 Å². The van der Waals surface area contributed by atoms with Crippen LogP contribution in [0.1, 0.15) is 0 Å². The molecule has 2 aliphatic heterocycles. The molecule has 6 nitrogen and oxygen atoms in total. The molecule has 0 amide bonds. The van der Waals surface area contributed by atoms with Gasteiger partial charge in [0.25, 0.3) is 0 Å². The Morgan fingerprint density at radius 1 is 1.00 bits per heavy atom. The largest absolute Gasteiger partial charge is 0.396 e. The second-order valence-corrected chi connectivity index (χ2v) is 3.85. The highest BCUT2D eigenvalue weighted by atomic mass is 17.2. The maximum atomic E-state index is 9.38. The fourth-order valence-electron chi connectivity index (χ4n) is 1.61. The van der Waals surface area contributed by atoms with Crippen LogP contribution in [-0.2, 0) is 19.2 Å². The minimum atomic E-state index is -0.639. The Balaban J connectivity index is 1.72. The lowest BCUT2D eigenvalue weighted by molar-refractivity contribution is -0.362. The highest BCUT2D eigenvalue weighted by Gasteiger charge is 2.33. The summed E-state index contributed by atoms with van der Waals surface area (Å²) in [5.74, 6) is -0.0514. The van der Waals surface area contributed by atoms with Crippen LogP contribution in [0.15, 0.2) is 0 Å². The molecule has 4 atom stereocenters. The zero-order valence-corrected chi connectivity index (χ0v) is 8.37. The van der Waals surface area contributed by atoms with E-state index in [2.05, 4.69) is 0 Å². The molecule has 2 saturated heterocycles. The van der Waals surface area contributed by atoms with Gasteiger partial charge in [-0.15, -0.1) is 0 Å². The third kappa shape index (κ3) is 2.66. The first-order chi connectivity index (χ1) is 7.31. The smallest absolute Gasteiger partial charge is 0.144 e. The summed E-state index contributed by atoms with van der Waals surface area (Å²) in [5.41, 5.74) is 0. The zero-order chi connectivity index (χ0) is 10.7. The molecule has 15 heavy (non-hydrogen) atoms. The Morgan fingerprint density at radius 3 is 2.33 bits per heavy atom. The molecule has 2 aliphatic rings. The van der Waals surface area contributed by atoms with Gasteiger partial charge in [0.05, 0.1) is 33.0 Å². The van der Waals surface area contributed by atoms with Crippen LogP contribution >= 0.6 is 0 Å². The highest BCUT2D eigenvalue weighted by molar-refractivity contribution is 4.75. The molecule has 2 N–H and O–H groups in total. The summed E-state index contributed by atoms with van der Waals surface area (Å²) in [4.78, 5) is 10.2. The maximum Gasteiger partial charge on any atom is 0.144 e. The van der Waals surface area contributed by atoms with Crippen LogP contribution in [0.25, 0.3) is 0 Å². The predicted octanol–water partition coefficient (Wildman–Crippen LogP) is -1.30. The van der Waals surface area contributed by atoms with Gasteiger partial charge in [0.2, 0.25) is 0 Å². The van der Waals surface area contributed by atoms with Crippen LogP contribution in [0.5, 0.6) is 0 Å². The lowest BCUT2D eigenvalue weighted by Gasteiger charge is -2.18. The van der Waals surface area contributed by atoms with E-state index in [1.54, 1.807) is 0 Å². The minimum absolute atomic E-state index is 0.0117. The van der Waals surface area contributed by atoms with Crippen molar-refractivity contribution in [2.75, 3.05) is 33.0 Å². The van der Waals surface area contributed by atoms with E-state index >= 15 is 0 Å². The molecule has 0 saturated carbocycles. The Morgan fingerprint density at radius 2 is 1.67 bits per heavy atom. The monoisotopic (exact) mass is 220 g/mol. The summed E-state index contributed by atoms with van der Waals surface area (Å²) in [6, 6.07) is 0. The van der Waals surface area contributed by atoms with Gasteiger partial charge in [-0.1, -0.05) is 0 Å². The molecule has 6 heteroatoms. The van der Waals surface area contributed by atoms with Crippen molar-refractivity contribution in [3.05, 3.63) is 0 Å². The predicted molar refractivity (Wildman–Crippen MR) is 48.0 cm³/mol. The molecule has 2 rings (SSSR count). The van der Waals surface area contributed by atoms with Gasteiger partial charge in [0.15, 0.2) is 0 Å². The second-order valence-electron chi connectivity index (χ2n) is 3.85. The van der Waals surface area contributed by atoms with Gasteiger partial charge >= 0.3 is 0 Å². The van der Waals surface area contributed by atoms with Gasteiger partial charge in [0.1, 0.15) is 18.3 Å². The number of ether oxygens (including phenoxy) is 2. The van der Waals surface area contributed by atoms with Crippen LogP contribution in [-0.4, -0.2) is 61.6 Å². The molecule has 0 aliphatic carbocycles. The van der Waals surface area contributed by atoms with Crippen molar-refractivity contribution < 1.29 is 29.5 Å². The topological polar surface area (TPSA) is 77.4 Å². The number of aliphatic hydroxyl groups excluding tert-OH is 2. The van der Waals surface area contributed by atoms with Crippen molar-refractivity contribution in [3.8, 4) is 0 Å². The molecular weight excluding hydrogens is 204 g/mol. The molecule has 0 radical (unpaired) electrons. The van der Waals surface area contributed by atoms with Crippen molar-refractivity contribution in [2.24, 2.45) is 5.92 Å². The van der Waals surface area contributed by atoms with E-state index in [1.807, 2.05) is 0 Å².